The average Bonchev–Trinajstić information content (AvgIpc) is 2.99. The van der Waals surface area contributed by atoms with Crippen LogP contribution in [0.2, 0.25) is 4.34 Å². The third-order valence-electron chi connectivity index (χ3n) is 3.53. The molecule has 20 heavy (non-hydrogen) atoms. The van der Waals surface area contributed by atoms with E-state index in [9.17, 15) is 9.59 Å². The summed E-state index contributed by atoms with van der Waals surface area (Å²) >= 11 is 7.33. The van der Waals surface area contributed by atoms with Crippen LogP contribution in [0, 0.1) is 11.8 Å². The number of thiophene rings is 1. The number of halogens is 1. The molecule has 0 unspecified atom stereocenters. The first kappa shape index (κ1) is 15.3. The molecule has 0 aliphatic heterocycles. The third kappa shape index (κ3) is 4.21. The predicted molar refractivity (Wildman–Crippen MR) is 80.7 cm³/mol. The molecule has 1 aromatic heterocycles. The summed E-state index contributed by atoms with van der Waals surface area (Å²) < 4.78 is 0.728. The Labute approximate surface area is 128 Å². The van der Waals surface area contributed by atoms with Gasteiger partial charge in [0.05, 0.1) is 10.9 Å². The lowest BCUT2D eigenvalue weighted by atomic mass is 10.3. The Morgan fingerprint density at radius 1 is 1.50 bits per heavy atom. The maximum Gasteiger partial charge on any atom is 0.224 e. The number of nitrogens with zero attached hydrogens (tertiary/aromatic N) is 1. The van der Waals surface area contributed by atoms with Gasteiger partial charge in [0.2, 0.25) is 11.8 Å². The highest BCUT2D eigenvalue weighted by Gasteiger charge is 2.38. The van der Waals surface area contributed by atoms with Crippen LogP contribution in [0.1, 0.15) is 24.6 Å². The first-order valence-electron chi connectivity index (χ1n) is 6.73. The van der Waals surface area contributed by atoms with Gasteiger partial charge < -0.3 is 10.2 Å². The second-order valence-corrected chi connectivity index (χ2v) is 7.12. The summed E-state index contributed by atoms with van der Waals surface area (Å²) in [7, 11) is 1.76. The molecule has 1 fully saturated rings. The lowest BCUT2D eigenvalue weighted by molar-refractivity contribution is -0.130. The van der Waals surface area contributed by atoms with Gasteiger partial charge in [-0.15, -0.1) is 11.3 Å². The van der Waals surface area contributed by atoms with E-state index in [2.05, 4.69) is 12.2 Å². The normalized spacial score (nSPS) is 20.6. The number of rotatable bonds is 6. The minimum atomic E-state index is 0.0265. The molecule has 1 aliphatic rings. The second kappa shape index (κ2) is 6.59. The fraction of sp³-hybridized carbons (Fsp3) is 0.571. The summed E-state index contributed by atoms with van der Waals surface area (Å²) in [6.45, 7) is 3.04. The number of carbonyl (C=O) groups excluding carboxylic acids is 2. The van der Waals surface area contributed by atoms with Gasteiger partial charge in [-0.25, -0.2) is 0 Å². The molecular weight excluding hydrogens is 296 g/mol. The number of hydrogen-bond acceptors (Lipinski definition) is 3. The van der Waals surface area contributed by atoms with E-state index < -0.39 is 0 Å². The van der Waals surface area contributed by atoms with Gasteiger partial charge in [-0.2, -0.15) is 0 Å². The molecule has 1 saturated carbocycles. The Balaban J connectivity index is 1.67. The van der Waals surface area contributed by atoms with Gasteiger partial charge in [0, 0.05) is 30.8 Å². The zero-order valence-corrected chi connectivity index (χ0v) is 13.3. The number of amides is 2. The molecule has 110 valence electrons. The highest BCUT2D eigenvalue weighted by molar-refractivity contribution is 7.16. The first-order chi connectivity index (χ1) is 9.47. The van der Waals surface area contributed by atoms with Crippen LogP contribution in [0.4, 0.5) is 0 Å². The van der Waals surface area contributed by atoms with Crippen LogP contribution >= 0.6 is 22.9 Å². The van der Waals surface area contributed by atoms with E-state index in [0.29, 0.717) is 25.4 Å². The van der Waals surface area contributed by atoms with E-state index in [4.69, 9.17) is 11.6 Å². The standard InChI is InChI=1S/C14H19ClN2O2S/c1-9-7-11(9)14(19)16-6-5-13(18)17(2)8-10-3-4-12(15)20-10/h3-4,9,11H,5-8H2,1-2H3,(H,16,19)/t9-,11-/m0/s1. The van der Waals surface area contributed by atoms with Crippen molar-refractivity contribution in [1.29, 1.82) is 0 Å². The Morgan fingerprint density at radius 2 is 2.20 bits per heavy atom. The van der Waals surface area contributed by atoms with Crippen molar-refractivity contribution < 1.29 is 9.59 Å². The molecule has 0 bridgehead atoms. The van der Waals surface area contributed by atoms with E-state index in [1.54, 1.807) is 11.9 Å². The minimum absolute atomic E-state index is 0.0265. The molecule has 0 spiro atoms. The SMILES string of the molecule is C[C@H]1C[C@@H]1C(=O)NCCC(=O)N(C)Cc1ccc(Cl)s1. The fourth-order valence-electron chi connectivity index (χ4n) is 2.06. The van der Waals surface area contributed by atoms with Gasteiger partial charge in [-0.05, 0) is 24.5 Å². The highest BCUT2D eigenvalue weighted by Crippen LogP contribution is 2.37. The number of carbonyl (C=O) groups is 2. The van der Waals surface area contributed by atoms with Crippen molar-refractivity contribution in [2.45, 2.75) is 26.3 Å². The van der Waals surface area contributed by atoms with Crippen molar-refractivity contribution in [2.24, 2.45) is 11.8 Å². The van der Waals surface area contributed by atoms with Crippen molar-refractivity contribution in [2.75, 3.05) is 13.6 Å². The summed E-state index contributed by atoms with van der Waals surface area (Å²) in [5.41, 5.74) is 0. The summed E-state index contributed by atoms with van der Waals surface area (Å²) in [5.74, 6) is 0.768. The zero-order valence-electron chi connectivity index (χ0n) is 11.7. The maximum absolute atomic E-state index is 11.9. The quantitative estimate of drug-likeness (QED) is 0.877. The molecule has 1 aliphatic carbocycles. The topological polar surface area (TPSA) is 49.4 Å². The van der Waals surface area contributed by atoms with E-state index in [0.717, 1.165) is 15.6 Å². The molecule has 1 aromatic rings. The molecule has 1 N–H and O–H groups in total. The van der Waals surface area contributed by atoms with Crippen molar-refractivity contribution in [3.8, 4) is 0 Å². The van der Waals surface area contributed by atoms with Crippen LogP contribution in [-0.4, -0.2) is 30.3 Å². The summed E-state index contributed by atoms with van der Waals surface area (Å²) in [6, 6.07) is 3.75. The van der Waals surface area contributed by atoms with Gasteiger partial charge >= 0.3 is 0 Å². The van der Waals surface area contributed by atoms with Gasteiger partial charge in [0.15, 0.2) is 0 Å². The summed E-state index contributed by atoms with van der Waals surface area (Å²) in [4.78, 5) is 26.3. The van der Waals surface area contributed by atoms with Crippen LogP contribution < -0.4 is 5.32 Å². The smallest absolute Gasteiger partial charge is 0.224 e. The number of hydrogen-bond donors (Lipinski definition) is 1. The van der Waals surface area contributed by atoms with Crippen molar-refractivity contribution in [3.05, 3.63) is 21.3 Å². The lowest BCUT2D eigenvalue weighted by Crippen LogP contribution is -2.32. The molecule has 1 heterocycles. The van der Waals surface area contributed by atoms with E-state index in [1.165, 1.54) is 11.3 Å². The Morgan fingerprint density at radius 3 is 2.75 bits per heavy atom. The van der Waals surface area contributed by atoms with Gasteiger partial charge in [-0.3, -0.25) is 9.59 Å². The van der Waals surface area contributed by atoms with Crippen LogP contribution in [0.25, 0.3) is 0 Å². The number of nitrogens with one attached hydrogen (secondary N) is 1. The Hall–Kier alpha value is -1.07. The largest absolute Gasteiger partial charge is 0.355 e. The average molecular weight is 315 g/mol. The van der Waals surface area contributed by atoms with Gasteiger partial charge in [0.1, 0.15) is 0 Å². The van der Waals surface area contributed by atoms with Crippen LogP contribution in [0.15, 0.2) is 12.1 Å². The van der Waals surface area contributed by atoms with E-state index >= 15 is 0 Å². The molecule has 2 rings (SSSR count). The van der Waals surface area contributed by atoms with Crippen molar-refractivity contribution in [3.63, 3.8) is 0 Å². The second-order valence-electron chi connectivity index (χ2n) is 5.32. The Kier molecular flexibility index (Phi) is 5.05. The molecule has 6 heteroatoms. The van der Waals surface area contributed by atoms with Gasteiger partial charge in [-0.1, -0.05) is 18.5 Å². The molecule has 0 saturated heterocycles. The van der Waals surface area contributed by atoms with E-state index in [-0.39, 0.29) is 17.7 Å². The minimum Gasteiger partial charge on any atom is -0.355 e. The maximum atomic E-state index is 11.9. The van der Waals surface area contributed by atoms with Crippen LogP contribution in [-0.2, 0) is 16.1 Å². The Bertz CT molecular complexity index is 503. The third-order valence-corrected chi connectivity index (χ3v) is 4.75. The zero-order chi connectivity index (χ0) is 14.7. The van der Waals surface area contributed by atoms with Crippen molar-refractivity contribution >= 4 is 34.8 Å². The van der Waals surface area contributed by atoms with Crippen molar-refractivity contribution in [1.82, 2.24) is 10.2 Å². The predicted octanol–water partition coefficient (Wildman–Crippen LogP) is 2.52. The molecule has 4 nitrogen and oxygen atoms in total. The molecular formula is C14H19ClN2O2S. The molecule has 0 radical (unpaired) electrons. The first-order valence-corrected chi connectivity index (χ1v) is 7.92. The van der Waals surface area contributed by atoms with Gasteiger partial charge in [0.25, 0.3) is 0 Å². The summed E-state index contributed by atoms with van der Waals surface area (Å²) in [5, 5.41) is 2.82. The van der Waals surface area contributed by atoms with E-state index in [1.807, 2.05) is 12.1 Å². The summed E-state index contributed by atoms with van der Waals surface area (Å²) in [6.07, 6.45) is 1.31. The monoisotopic (exact) mass is 314 g/mol. The van der Waals surface area contributed by atoms with Crippen LogP contribution in [0.5, 0.6) is 0 Å². The lowest BCUT2D eigenvalue weighted by Gasteiger charge is -2.16. The fourth-order valence-corrected chi connectivity index (χ4v) is 3.20. The molecule has 2 atom stereocenters. The molecule has 2 amide bonds. The highest BCUT2D eigenvalue weighted by atomic mass is 35.5. The molecule has 0 aromatic carbocycles. The van der Waals surface area contributed by atoms with Crippen LogP contribution in [0.3, 0.4) is 0 Å².